The lowest BCUT2D eigenvalue weighted by Crippen LogP contribution is -2.33. The van der Waals surface area contributed by atoms with Gasteiger partial charge in [0, 0.05) is 6.04 Å². The van der Waals surface area contributed by atoms with E-state index < -0.39 is 0 Å². The molecule has 3 aromatic rings. The zero-order valence-corrected chi connectivity index (χ0v) is 17.0. The molecule has 6 nitrogen and oxygen atoms in total. The zero-order chi connectivity index (χ0) is 20.1. The molecule has 3 rings (SSSR count). The number of para-hydroxylation sites is 1. The molecular formula is C21H23N3O3S. The smallest absolute Gasteiger partial charge is 0.266 e. The molecule has 0 saturated heterocycles. The maximum absolute atomic E-state index is 13.2. The molecule has 1 atom stereocenters. The summed E-state index contributed by atoms with van der Waals surface area (Å²) in [7, 11) is 1.59. The van der Waals surface area contributed by atoms with Gasteiger partial charge in [0.25, 0.3) is 5.56 Å². The van der Waals surface area contributed by atoms with Crippen LogP contribution in [-0.4, -0.2) is 34.4 Å². The Balaban J connectivity index is 2.01. The molecule has 0 spiro atoms. The molecule has 1 aromatic heterocycles. The van der Waals surface area contributed by atoms with E-state index in [9.17, 15) is 9.59 Å². The SMILES string of the molecule is CCC(C)NC(=O)CSc1nc2ccccc2c(=O)n1-c1ccc(OC)cc1. The van der Waals surface area contributed by atoms with Crippen LogP contribution in [0, 0.1) is 0 Å². The Morgan fingerprint density at radius 2 is 1.93 bits per heavy atom. The van der Waals surface area contributed by atoms with Crippen LogP contribution in [0.3, 0.4) is 0 Å². The van der Waals surface area contributed by atoms with Crippen molar-refractivity contribution >= 4 is 28.6 Å². The summed E-state index contributed by atoms with van der Waals surface area (Å²) in [5.41, 5.74) is 1.12. The van der Waals surface area contributed by atoms with Crippen LogP contribution in [-0.2, 0) is 4.79 Å². The van der Waals surface area contributed by atoms with Gasteiger partial charge in [-0.2, -0.15) is 0 Å². The van der Waals surface area contributed by atoms with E-state index in [0.29, 0.717) is 27.5 Å². The second kappa shape index (κ2) is 8.93. The summed E-state index contributed by atoms with van der Waals surface area (Å²) in [6, 6.07) is 14.5. The summed E-state index contributed by atoms with van der Waals surface area (Å²) < 4.78 is 6.75. The van der Waals surface area contributed by atoms with Crippen LogP contribution in [0.25, 0.3) is 16.6 Å². The van der Waals surface area contributed by atoms with E-state index in [1.54, 1.807) is 48.1 Å². The summed E-state index contributed by atoms with van der Waals surface area (Å²) >= 11 is 1.25. The van der Waals surface area contributed by atoms with E-state index >= 15 is 0 Å². The molecule has 7 heteroatoms. The highest BCUT2D eigenvalue weighted by molar-refractivity contribution is 7.99. The first kappa shape index (κ1) is 19.9. The second-order valence-corrected chi connectivity index (χ2v) is 7.36. The summed E-state index contributed by atoms with van der Waals surface area (Å²) in [6.45, 7) is 3.98. The van der Waals surface area contributed by atoms with Crippen LogP contribution in [0.5, 0.6) is 5.75 Å². The van der Waals surface area contributed by atoms with Gasteiger partial charge in [0.05, 0.1) is 29.5 Å². The van der Waals surface area contributed by atoms with Crippen LogP contribution >= 0.6 is 11.8 Å². The van der Waals surface area contributed by atoms with E-state index in [0.717, 1.165) is 6.42 Å². The van der Waals surface area contributed by atoms with E-state index in [2.05, 4.69) is 10.3 Å². The van der Waals surface area contributed by atoms with Gasteiger partial charge in [-0.15, -0.1) is 0 Å². The van der Waals surface area contributed by atoms with E-state index in [1.165, 1.54) is 11.8 Å². The first-order chi connectivity index (χ1) is 13.5. The minimum atomic E-state index is -0.166. The van der Waals surface area contributed by atoms with Gasteiger partial charge in [-0.25, -0.2) is 4.98 Å². The normalized spacial score (nSPS) is 12.0. The number of methoxy groups -OCH3 is 1. The Morgan fingerprint density at radius 3 is 2.61 bits per heavy atom. The number of carbonyl (C=O) groups is 1. The van der Waals surface area contributed by atoms with Crippen molar-refractivity contribution in [2.45, 2.75) is 31.5 Å². The van der Waals surface area contributed by atoms with Crippen molar-refractivity contribution in [1.82, 2.24) is 14.9 Å². The number of hydrogen-bond acceptors (Lipinski definition) is 5. The Morgan fingerprint density at radius 1 is 1.21 bits per heavy atom. The number of nitrogens with one attached hydrogen (secondary N) is 1. The summed E-state index contributed by atoms with van der Waals surface area (Å²) in [5.74, 6) is 0.807. The highest BCUT2D eigenvalue weighted by atomic mass is 32.2. The summed E-state index contributed by atoms with van der Waals surface area (Å²) in [6.07, 6.45) is 0.862. The first-order valence-corrected chi connectivity index (χ1v) is 10.1. The fourth-order valence-corrected chi connectivity index (χ4v) is 3.54. The van der Waals surface area contributed by atoms with Crippen LogP contribution in [0.4, 0.5) is 0 Å². The molecule has 1 amide bonds. The first-order valence-electron chi connectivity index (χ1n) is 9.12. The highest BCUT2D eigenvalue weighted by Crippen LogP contribution is 2.22. The molecule has 0 radical (unpaired) electrons. The molecule has 0 aliphatic carbocycles. The topological polar surface area (TPSA) is 73.2 Å². The number of carbonyl (C=O) groups excluding carboxylic acids is 1. The second-order valence-electron chi connectivity index (χ2n) is 6.42. The lowest BCUT2D eigenvalue weighted by Gasteiger charge is -2.14. The minimum Gasteiger partial charge on any atom is -0.497 e. The van der Waals surface area contributed by atoms with E-state index in [-0.39, 0.29) is 23.3 Å². The average Bonchev–Trinajstić information content (AvgIpc) is 2.72. The van der Waals surface area contributed by atoms with Crippen molar-refractivity contribution in [3.8, 4) is 11.4 Å². The van der Waals surface area contributed by atoms with Crippen molar-refractivity contribution in [1.29, 1.82) is 0 Å². The molecule has 146 valence electrons. The third-order valence-corrected chi connectivity index (χ3v) is 5.37. The Kier molecular flexibility index (Phi) is 6.36. The summed E-state index contributed by atoms with van der Waals surface area (Å²) in [4.78, 5) is 30.0. The summed E-state index contributed by atoms with van der Waals surface area (Å²) in [5, 5.41) is 3.95. The average molecular weight is 398 g/mol. The standard InChI is InChI=1S/C21H23N3O3S/c1-4-14(2)22-19(25)13-28-21-23-18-8-6-5-7-17(18)20(26)24(21)15-9-11-16(27-3)12-10-15/h5-12,14H,4,13H2,1-3H3,(H,22,25). The third-order valence-electron chi connectivity index (χ3n) is 4.43. The quantitative estimate of drug-likeness (QED) is 0.489. The predicted octanol–water partition coefficient (Wildman–Crippen LogP) is 3.40. The molecule has 0 aliphatic rings. The predicted molar refractivity (Wildman–Crippen MR) is 113 cm³/mol. The van der Waals surface area contributed by atoms with Crippen LogP contribution in [0.2, 0.25) is 0 Å². The Bertz CT molecular complexity index is 1030. The molecule has 0 bridgehead atoms. The molecule has 1 heterocycles. The van der Waals surface area contributed by atoms with Gasteiger partial charge in [-0.1, -0.05) is 30.8 Å². The number of hydrogen-bond donors (Lipinski definition) is 1. The van der Waals surface area contributed by atoms with E-state index in [1.807, 2.05) is 26.0 Å². The minimum absolute atomic E-state index is 0.0805. The number of nitrogens with zero attached hydrogens (tertiary/aromatic N) is 2. The number of amides is 1. The number of ether oxygens (including phenoxy) is 1. The van der Waals surface area contributed by atoms with Crippen LogP contribution in [0.1, 0.15) is 20.3 Å². The fraction of sp³-hybridized carbons (Fsp3) is 0.286. The van der Waals surface area contributed by atoms with Crippen molar-refractivity contribution in [2.75, 3.05) is 12.9 Å². The molecule has 1 N–H and O–H groups in total. The number of fused-ring (bicyclic) bond motifs is 1. The van der Waals surface area contributed by atoms with Gasteiger partial charge in [0.1, 0.15) is 5.75 Å². The van der Waals surface area contributed by atoms with Gasteiger partial charge in [0.15, 0.2) is 5.16 Å². The van der Waals surface area contributed by atoms with Crippen molar-refractivity contribution in [3.05, 3.63) is 58.9 Å². The van der Waals surface area contributed by atoms with Crippen molar-refractivity contribution in [2.24, 2.45) is 0 Å². The maximum Gasteiger partial charge on any atom is 0.266 e. The van der Waals surface area contributed by atoms with Crippen molar-refractivity contribution in [3.63, 3.8) is 0 Å². The number of benzene rings is 2. The molecule has 0 aliphatic heterocycles. The molecule has 2 aromatic carbocycles. The maximum atomic E-state index is 13.2. The Labute approximate surface area is 167 Å². The highest BCUT2D eigenvalue weighted by Gasteiger charge is 2.15. The van der Waals surface area contributed by atoms with Crippen LogP contribution < -0.4 is 15.6 Å². The largest absolute Gasteiger partial charge is 0.497 e. The van der Waals surface area contributed by atoms with Crippen LogP contribution in [0.15, 0.2) is 58.5 Å². The molecule has 1 unspecified atom stereocenters. The zero-order valence-electron chi connectivity index (χ0n) is 16.1. The molecule has 0 saturated carbocycles. The van der Waals surface area contributed by atoms with Crippen molar-refractivity contribution < 1.29 is 9.53 Å². The lowest BCUT2D eigenvalue weighted by molar-refractivity contribution is -0.119. The number of thioether (sulfide) groups is 1. The van der Waals surface area contributed by atoms with Gasteiger partial charge < -0.3 is 10.1 Å². The van der Waals surface area contributed by atoms with Gasteiger partial charge in [0.2, 0.25) is 5.91 Å². The van der Waals surface area contributed by atoms with E-state index in [4.69, 9.17) is 4.74 Å². The van der Waals surface area contributed by atoms with Gasteiger partial charge in [-0.05, 0) is 49.7 Å². The number of aromatic nitrogens is 2. The third kappa shape index (κ3) is 4.36. The monoisotopic (exact) mass is 397 g/mol. The van der Waals surface area contributed by atoms with Gasteiger partial charge >= 0.3 is 0 Å². The fourth-order valence-electron chi connectivity index (χ4n) is 2.72. The molecule has 28 heavy (non-hydrogen) atoms. The lowest BCUT2D eigenvalue weighted by atomic mass is 10.2. The number of rotatable bonds is 7. The molecule has 0 fully saturated rings. The molecular weight excluding hydrogens is 374 g/mol. The Hall–Kier alpha value is -2.80. The van der Waals surface area contributed by atoms with Gasteiger partial charge in [-0.3, -0.25) is 14.2 Å².